The van der Waals surface area contributed by atoms with Gasteiger partial charge >= 0.3 is 12.2 Å². The first kappa shape index (κ1) is 15.1. The zero-order valence-electron chi connectivity index (χ0n) is 12.0. The van der Waals surface area contributed by atoms with Crippen molar-refractivity contribution >= 4 is 17.4 Å². The molecule has 0 atom stereocenters. The Labute approximate surface area is 131 Å². The second-order valence-electron chi connectivity index (χ2n) is 5.20. The van der Waals surface area contributed by atoms with Gasteiger partial charge in [-0.25, -0.2) is 4.79 Å². The molecule has 0 unspecified atom stereocenters. The van der Waals surface area contributed by atoms with Crippen molar-refractivity contribution in [3.8, 4) is 0 Å². The van der Waals surface area contributed by atoms with Crippen molar-refractivity contribution in [3.63, 3.8) is 0 Å². The van der Waals surface area contributed by atoms with Gasteiger partial charge in [-0.1, -0.05) is 36.9 Å². The molecular formula is C17H13F3N2O. The second kappa shape index (κ2) is 5.46. The first-order valence-corrected chi connectivity index (χ1v) is 6.89. The van der Waals surface area contributed by atoms with Gasteiger partial charge in [-0.3, -0.25) is 4.90 Å². The van der Waals surface area contributed by atoms with Crippen LogP contribution in [0.5, 0.6) is 0 Å². The van der Waals surface area contributed by atoms with Crippen molar-refractivity contribution in [2.75, 3.05) is 5.32 Å². The summed E-state index contributed by atoms with van der Waals surface area (Å²) in [5.41, 5.74) is 1.86. The smallest absolute Gasteiger partial charge is 0.307 e. The number of urea groups is 1. The number of fused-ring (bicyclic) bond motifs is 1. The maximum absolute atomic E-state index is 12.6. The molecule has 0 spiro atoms. The third-order valence-electron chi connectivity index (χ3n) is 3.67. The molecule has 0 aliphatic carbocycles. The second-order valence-corrected chi connectivity index (χ2v) is 5.20. The lowest BCUT2D eigenvalue weighted by Crippen LogP contribution is -2.36. The van der Waals surface area contributed by atoms with Crippen LogP contribution in [0.2, 0.25) is 0 Å². The van der Waals surface area contributed by atoms with E-state index in [1.165, 1.54) is 17.0 Å². The molecule has 2 aromatic carbocycles. The zero-order chi connectivity index (χ0) is 16.6. The Morgan fingerprint density at radius 3 is 2.35 bits per heavy atom. The molecule has 1 aliphatic rings. The molecule has 118 valence electrons. The van der Waals surface area contributed by atoms with Crippen LogP contribution in [0, 0.1) is 0 Å². The van der Waals surface area contributed by atoms with E-state index in [9.17, 15) is 18.0 Å². The molecular weight excluding hydrogens is 305 g/mol. The Morgan fingerprint density at radius 2 is 1.70 bits per heavy atom. The van der Waals surface area contributed by atoms with Crippen molar-refractivity contribution in [1.29, 1.82) is 0 Å². The predicted molar refractivity (Wildman–Crippen MR) is 81.5 cm³/mol. The lowest BCUT2D eigenvalue weighted by molar-refractivity contribution is -0.137. The van der Waals surface area contributed by atoms with Crippen LogP contribution in [0.25, 0.3) is 5.70 Å². The van der Waals surface area contributed by atoms with Crippen molar-refractivity contribution in [2.45, 2.75) is 12.7 Å². The van der Waals surface area contributed by atoms with E-state index in [0.29, 0.717) is 16.9 Å². The molecule has 0 bridgehead atoms. The van der Waals surface area contributed by atoms with E-state index < -0.39 is 11.7 Å². The van der Waals surface area contributed by atoms with Gasteiger partial charge in [0.25, 0.3) is 0 Å². The molecule has 1 heterocycles. The Bertz CT molecular complexity index is 766. The van der Waals surface area contributed by atoms with Gasteiger partial charge in [0.1, 0.15) is 0 Å². The fourth-order valence-corrected chi connectivity index (χ4v) is 2.44. The number of amides is 2. The fourth-order valence-electron chi connectivity index (χ4n) is 2.44. The van der Waals surface area contributed by atoms with Gasteiger partial charge in [0.15, 0.2) is 0 Å². The Morgan fingerprint density at radius 1 is 1.04 bits per heavy atom. The van der Waals surface area contributed by atoms with Crippen LogP contribution >= 0.6 is 0 Å². The number of carbonyl (C=O) groups is 1. The van der Waals surface area contributed by atoms with E-state index in [2.05, 4.69) is 11.9 Å². The summed E-state index contributed by atoms with van der Waals surface area (Å²) in [5, 5.41) is 2.74. The Kier molecular flexibility index (Phi) is 3.60. The first-order chi connectivity index (χ1) is 10.9. The highest BCUT2D eigenvalue weighted by molar-refractivity contribution is 6.02. The Balaban J connectivity index is 1.83. The topological polar surface area (TPSA) is 32.3 Å². The number of hydrogen-bond acceptors (Lipinski definition) is 1. The van der Waals surface area contributed by atoms with E-state index in [1.807, 2.05) is 12.1 Å². The average molecular weight is 318 g/mol. The lowest BCUT2D eigenvalue weighted by atomic mass is 10.1. The van der Waals surface area contributed by atoms with Crippen LogP contribution in [-0.2, 0) is 12.7 Å². The molecule has 6 heteroatoms. The molecule has 2 amide bonds. The maximum atomic E-state index is 12.6. The van der Waals surface area contributed by atoms with Gasteiger partial charge in [-0.15, -0.1) is 0 Å². The number of halogens is 3. The van der Waals surface area contributed by atoms with Gasteiger partial charge in [-0.05, 0) is 23.8 Å². The number of alkyl halides is 3. The number of hydrogen-bond donors (Lipinski definition) is 1. The summed E-state index contributed by atoms with van der Waals surface area (Å²) < 4.78 is 37.7. The molecule has 23 heavy (non-hydrogen) atoms. The Hall–Kier alpha value is -2.76. The monoisotopic (exact) mass is 318 g/mol. The van der Waals surface area contributed by atoms with Crippen molar-refractivity contribution in [1.82, 2.24) is 4.90 Å². The third-order valence-corrected chi connectivity index (χ3v) is 3.67. The van der Waals surface area contributed by atoms with E-state index >= 15 is 0 Å². The van der Waals surface area contributed by atoms with Crippen molar-refractivity contribution < 1.29 is 18.0 Å². The summed E-state index contributed by atoms with van der Waals surface area (Å²) in [6.45, 7) is 4.08. The van der Waals surface area contributed by atoms with Crippen LogP contribution in [0.3, 0.4) is 0 Å². The molecule has 1 N–H and O–H groups in total. The number of para-hydroxylation sites is 1. The summed E-state index contributed by atoms with van der Waals surface area (Å²) in [5.74, 6) is 0. The predicted octanol–water partition coefficient (Wildman–Crippen LogP) is 4.72. The first-order valence-electron chi connectivity index (χ1n) is 6.89. The average Bonchev–Trinajstić information content (AvgIpc) is 2.51. The minimum absolute atomic E-state index is 0.150. The SMILES string of the molecule is C=C1c2ccccc2NC(=O)N1Cc1ccc(C(F)(F)F)cc1. The molecule has 1 aliphatic heterocycles. The van der Waals surface area contributed by atoms with Gasteiger partial charge in [0.2, 0.25) is 0 Å². The minimum Gasteiger partial charge on any atom is -0.307 e. The van der Waals surface area contributed by atoms with Gasteiger partial charge in [0.05, 0.1) is 17.8 Å². The van der Waals surface area contributed by atoms with E-state index in [4.69, 9.17) is 0 Å². The normalized spacial score (nSPS) is 14.5. The zero-order valence-corrected chi connectivity index (χ0v) is 12.0. The number of nitrogens with zero attached hydrogens (tertiary/aromatic N) is 1. The van der Waals surface area contributed by atoms with E-state index in [1.54, 1.807) is 12.1 Å². The standard InChI is InChI=1S/C17H13F3N2O/c1-11-14-4-2-3-5-15(14)21-16(23)22(11)10-12-6-8-13(9-7-12)17(18,19)20/h2-9H,1,10H2,(H,21,23). The summed E-state index contributed by atoms with van der Waals surface area (Å²) in [7, 11) is 0. The minimum atomic E-state index is -4.37. The van der Waals surface area contributed by atoms with Gasteiger partial charge < -0.3 is 5.32 Å². The van der Waals surface area contributed by atoms with E-state index in [-0.39, 0.29) is 12.6 Å². The maximum Gasteiger partial charge on any atom is 0.416 e. The molecule has 3 rings (SSSR count). The molecule has 2 aromatic rings. The summed E-state index contributed by atoms with van der Waals surface area (Å²) in [4.78, 5) is 13.6. The third kappa shape index (κ3) is 2.92. The molecule has 0 aromatic heterocycles. The van der Waals surface area contributed by atoms with Crippen molar-refractivity contribution in [3.05, 3.63) is 71.8 Å². The highest BCUT2D eigenvalue weighted by atomic mass is 19.4. The van der Waals surface area contributed by atoms with E-state index in [0.717, 1.165) is 17.7 Å². The molecule has 0 saturated carbocycles. The van der Waals surface area contributed by atoms with Crippen LogP contribution in [0.1, 0.15) is 16.7 Å². The number of benzene rings is 2. The van der Waals surface area contributed by atoms with Crippen LogP contribution in [0.15, 0.2) is 55.1 Å². The highest BCUT2D eigenvalue weighted by Gasteiger charge is 2.30. The molecule has 0 saturated heterocycles. The molecule has 3 nitrogen and oxygen atoms in total. The summed E-state index contributed by atoms with van der Waals surface area (Å²) in [6.07, 6.45) is -4.37. The number of carbonyl (C=O) groups excluding carboxylic acids is 1. The lowest BCUT2D eigenvalue weighted by Gasteiger charge is -2.31. The highest BCUT2D eigenvalue weighted by Crippen LogP contribution is 2.33. The van der Waals surface area contributed by atoms with Crippen LogP contribution < -0.4 is 5.32 Å². The molecule has 0 fully saturated rings. The van der Waals surface area contributed by atoms with Crippen molar-refractivity contribution in [2.24, 2.45) is 0 Å². The largest absolute Gasteiger partial charge is 0.416 e. The number of nitrogens with one attached hydrogen (secondary N) is 1. The fraction of sp³-hybridized carbons (Fsp3) is 0.118. The van der Waals surface area contributed by atoms with Gasteiger partial charge in [-0.2, -0.15) is 13.2 Å². The number of rotatable bonds is 2. The quantitative estimate of drug-likeness (QED) is 0.853. The molecule has 0 radical (unpaired) electrons. The summed E-state index contributed by atoms with van der Waals surface area (Å²) >= 11 is 0. The summed E-state index contributed by atoms with van der Waals surface area (Å²) in [6, 6.07) is 11.6. The van der Waals surface area contributed by atoms with Gasteiger partial charge in [0, 0.05) is 11.3 Å². The van der Waals surface area contributed by atoms with Crippen LogP contribution in [0.4, 0.5) is 23.7 Å². The number of anilines is 1. The van der Waals surface area contributed by atoms with Crippen LogP contribution in [-0.4, -0.2) is 10.9 Å².